The molecule has 1 aromatic rings. The number of halogens is 1. The molecule has 1 unspecified atom stereocenters. The fraction of sp³-hybridized carbons (Fsp3) is 0.385. The van der Waals surface area contributed by atoms with E-state index < -0.39 is 18.4 Å². The summed E-state index contributed by atoms with van der Waals surface area (Å²) in [4.78, 5) is 23.0. The van der Waals surface area contributed by atoms with Crippen LogP contribution in [0.2, 0.25) is 0 Å². The third-order valence-corrected chi connectivity index (χ3v) is 2.91. The third-order valence-electron chi connectivity index (χ3n) is 2.69. The summed E-state index contributed by atoms with van der Waals surface area (Å²) in [5.41, 5.74) is 0.877. The third kappa shape index (κ3) is 3.94. The highest BCUT2D eigenvalue weighted by molar-refractivity contribution is 9.09. The zero-order chi connectivity index (χ0) is 14.5. The standard InChI is InChI=1S/C13H15BrN2O4/c1-8(14)20-12-10(11(17)16-12)15-13(18)19-7-9-5-3-2-4-6-9/h2-6,8,10,12H,7H2,1H3,(H,15,18)(H,16,17)/t8?,10-,12-/m1/s1. The van der Waals surface area contributed by atoms with Crippen molar-refractivity contribution in [1.82, 2.24) is 10.6 Å². The highest BCUT2D eigenvalue weighted by Gasteiger charge is 2.42. The fourth-order valence-electron chi connectivity index (χ4n) is 1.70. The molecule has 1 fully saturated rings. The number of rotatable bonds is 5. The number of ether oxygens (including phenoxy) is 2. The minimum atomic E-state index is -0.724. The van der Waals surface area contributed by atoms with E-state index in [-0.39, 0.29) is 17.5 Å². The van der Waals surface area contributed by atoms with Crippen molar-refractivity contribution in [3.05, 3.63) is 35.9 Å². The Bertz CT molecular complexity index is 481. The summed E-state index contributed by atoms with van der Waals surface area (Å²) < 4.78 is 10.4. The summed E-state index contributed by atoms with van der Waals surface area (Å²) >= 11 is 3.21. The van der Waals surface area contributed by atoms with Gasteiger partial charge in [0, 0.05) is 0 Å². The average Bonchev–Trinajstić information content (AvgIpc) is 2.43. The number of benzene rings is 1. The normalized spacial score (nSPS) is 22.4. The van der Waals surface area contributed by atoms with Crippen molar-refractivity contribution in [2.45, 2.75) is 30.8 Å². The molecule has 0 aliphatic carbocycles. The summed E-state index contributed by atoms with van der Waals surface area (Å²) in [6.07, 6.45) is -1.19. The first-order valence-electron chi connectivity index (χ1n) is 6.13. The van der Waals surface area contributed by atoms with Gasteiger partial charge >= 0.3 is 6.09 Å². The number of nitrogens with one attached hydrogen (secondary N) is 2. The van der Waals surface area contributed by atoms with E-state index >= 15 is 0 Å². The first-order chi connectivity index (χ1) is 9.56. The van der Waals surface area contributed by atoms with Crippen molar-refractivity contribution >= 4 is 27.9 Å². The van der Waals surface area contributed by atoms with Crippen molar-refractivity contribution in [3.8, 4) is 0 Å². The number of amides is 2. The average molecular weight is 343 g/mol. The molecular weight excluding hydrogens is 328 g/mol. The van der Waals surface area contributed by atoms with E-state index in [9.17, 15) is 9.59 Å². The lowest BCUT2D eigenvalue weighted by Crippen LogP contribution is -2.70. The molecule has 1 saturated heterocycles. The van der Waals surface area contributed by atoms with Crippen LogP contribution in [0.1, 0.15) is 12.5 Å². The lowest BCUT2D eigenvalue weighted by atomic mass is 10.1. The van der Waals surface area contributed by atoms with Gasteiger partial charge in [-0.2, -0.15) is 0 Å². The number of alkyl carbamates (subject to hydrolysis) is 1. The maximum atomic E-state index is 11.6. The molecule has 0 spiro atoms. The fourth-order valence-corrected chi connectivity index (χ4v) is 1.93. The molecule has 7 heteroatoms. The zero-order valence-electron chi connectivity index (χ0n) is 10.8. The number of hydrogen-bond donors (Lipinski definition) is 2. The summed E-state index contributed by atoms with van der Waals surface area (Å²) in [5.74, 6) is -0.292. The van der Waals surface area contributed by atoms with Gasteiger partial charge < -0.3 is 20.1 Å². The van der Waals surface area contributed by atoms with Crippen LogP contribution in [0.5, 0.6) is 0 Å². The van der Waals surface area contributed by atoms with Crippen molar-refractivity contribution < 1.29 is 19.1 Å². The van der Waals surface area contributed by atoms with E-state index in [1.165, 1.54) is 0 Å². The number of carbonyl (C=O) groups is 2. The molecule has 1 aromatic carbocycles. The number of β-lactam (4-membered cyclic amide) rings is 1. The molecule has 1 aliphatic heterocycles. The summed E-state index contributed by atoms with van der Waals surface area (Å²) in [7, 11) is 0. The Labute approximate surface area is 124 Å². The monoisotopic (exact) mass is 342 g/mol. The van der Waals surface area contributed by atoms with E-state index in [1.807, 2.05) is 30.3 Å². The summed E-state index contributed by atoms with van der Waals surface area (Å²) in [5, 5.41) is 4.79. The molecule has 3 atom stereocenters. The minimum Gasteiger partial charge on any atom is -0.445 e. The number of hydrogen-bond acceptors (Lipinski definition) is 4. The lowest BCUT2D eigenvalue weighted by Gasteiger charge is -2.36. The largest absolute Gasteiger partial charge is 0.445 e. The van der Waals surface area contributed by atoms with Gasteiger partial charge in [-0.05, 0) is 12.5 Å². The van der Waals surface area contributed by atoms with Crippen LogP contribution in [0.4, 0.5) is 4.79 Å². The van der Waals surface area contributed by atoms with Crippen molar-refractivity contribution in [2.24, 2.45) is 0 Å². The molecule has 2 amide bonds. The Morgan fingerprint density at radius 1 is 1.45 bits per heavy atom. The molecule has 20 heavy (non-hydrogen) atoms. The Kier molecular flexibility index (Phi) is 4.97. The molecule has 108 valence electrons. The van der Waals surface area contributed by atoms with Gasteiger partial charge in [0.15, 0.2) is 12.3 Å². The van der Waals surface area contributed by atoms with Gasteiger partial charge in [-0.1, -0.05) is 46.3 Å². The van der Waals surface area contributed by atoms with Gasteiger partial charge in [0.2, 0.25) is 5.91 Å². The zero-order valence-corrected chi connectivity index (χ0v) is 12.4. The maximum absolute atomic E-state index is 11.6. The second-order valence-corrected chi connectivity index (χ2v) is 5.58. The van der Waals surface area contributed by atoms with Crippen LogP contribution < -0.4 is 10.6 Å². The quantitative estimate of drug-likeness (QED) is 0.627. The topological polar surface area (TPSA) is 76.7 Å². The second kappa shape index (κ2) is 6.71. The van der Waals surface area contributed by atoms with Crippen LogP contribution in [0.3, 0.4) is 0 Å². The van der Waals surface area contributed by atoms with Crippen LogP contribution in [0.25, 0.3) is 0 Å². The number of alkyl halides is 1. The van der Waals surface area contributed by atoms with Crippen molar-refractivity contribution in [2.75, 3.05) is 0 Å². The first kappa shape index (κ1) is 14.8. The maximum Gasteiger partial charge on any atom is 0.408 e. The van der Waals surface area contributed by atoms with E-state index in [4.69, 9.17) is 9.47 Å². The van der Waals surface area contributed by atoms with Gasteiger partial charge in [0.05, 0.1) is 0 Å². The predicted molar refractivity (Wildman–Crippen MR) is 75.0 cm³/mol. The van der Waals surface area contributed by atoms with Crippen LogP contribution in [0.15, 0.2) is 30.3 Å². The molecule has 0 radical (unpaired) electrons. The smallest absolute Gasteiger partial charge is 0.408 e. The summed E-state index contributed by atoms with van der Waals surface area (Å²) in [6.45, 7) is 1.93. The van der Waals surface area contributed by atoms with Gasteiger partial charge in [-0.3, -0.25) is 4.79 Å². The molecule has 0 aromatic heterocycles. The van der Waals surface area contributed by atoms with Gasteiger partial charge in [-0.15, -0.1) is 0 Å². The molecule has 1 heterocycles. The Morgan fingerprint density at radius 2 is 2.15 bits per heavy atom. The molecule has 2 rings (SSSR count). The van der Waals surface area contributed by atoms with Crippen LogP contribution in [0, 0.1) is 0 Å². The number of carbonyl (C=O) groups excluding carboxylic acids is 2. The van der Waals surface area contributed by atoms with Crippen molar-refractivity contribution in [3.63, 3.8) is 0 Å². The Morgan fingerprint density at radius 3 is 2.75 bits per heavy atom. The SMILES string of the molecule is CC(Br)O[C@H]1NC(=O)[C@H]1NC(=O)OCc1ccccc1. The highest BCUT2D eigenvalue weighted by Crippen LogP contribution is 2.13. The molecule has 1 aliphatic rings. The Hall–Kier alpha value is -1.60. The lowest BCUT2D eigenvalue weighted by molar-refractivity contribution is -0.147. The molecular formula is C13H15BrN2O4. The van der Waals surface area contributed by atoms with E-state index in [2.05, 4.69) is 26.6 Å². The summed E-state index contributed by atoms with van der Waals surface area (Å²) in [6, 6.07) is 8.57. The van der Waals surface area contributed by atoms with E-state index in [1.54, 1.807) is 6.92 Å². The van der Waals surface area contributed by atoms with Crippen LogP contribution in [-0.4, -0.2) is 29.3 Å². The second-order valence-electron chi connectivity index (χ2n) is 4.29. The van der Waals surface area contributed by atoms with Crippen LogP contribution in [-0.2, 0) is 20.9 Å². The van der Waals surface area contributed by atoms with Gasteiger partial charge in [0.25, 0.3) is 0 Å². The highest BCUT2D eigenvalue weighted by atomic mass is 79.9. The van der Waals surface area contributed by atoms with Crippen LogP contribution >= 0.6 is 15.9 Å². The first-order valence-corrected chi connectivity index (χ1v) is 7.05. The minimum absolute atomic E-state index is 0.154. The van der Waals surface area contributed by atoms with E-state index in [0.29, 0.717) is 0 Å². The van der Waals surface area contributed by atoms with E-state index in [0.717, 1.165) is 5.56 Å². The Balaban J connectivity index is 1.77. The molecule has 0 saturated carbocycles. The predicted octanol–water partition coefficient (Wildman–Crippen LogP) is 1.49. The van der Waals surface area contributed by atoms with Crippen molar-refractivity contribution in [1.29, 1.82) is 0 Å². The van der Waals surface area contributed by atoms with Gasteiger partial charge in [-0.25, -0.2) is 4.79 Å². The molecule has 2 N–H and O–H groups in total. The molecule has 6 nitrogen and oxygen atoms in total. The molecule has 0 bridgehead atoms. The van der Waals surface area contributed by atoms with Gasteiger partial charge in [0.1, 0.15) is 11.6 Å².